The lowest BCUT2D eigenvalue weighted by Crippen LogP contribution is -2.27. The summed E-state index contributed by atoms with van der Waals surface area (Å²) in [5.74, 6) is -0.279. The lowest BCUT2D eigenvalue weighted by Gasteiger charge is -2.16. The molecule has 0 spiro atoms. The van der Waals surface area contributed by atoms with Crippen molar-refractivity contribution < 1.29 is 13.2 Å². The van der Waals surface area contributed by atoms with E-state index in [1.54, 1.807) is 17.4 Å². The highest BCUT2D eigenvalue weighted by Crippen LogP contribution is 2.25. The van der Waals surface area contributed by atoms with Crippen LogP contribution in [0.4, 0.5) is 5.69 Å². The monoisotopic (exact) mass is 372 g/mol. The highest BCUT2D eigenvalue weighted by atomic mass is 35.5. The summed E-state index contributed by atoms with van der Waals surface area (Å²) in [6, 6.07) is 8.31. The molecule has 0 saturated carbocycles. The summed E-state index contributed by atoms with van der Waals surface area (Å²) >= 11 is 7.54. The minimum atomic E-state index is -3.47. The van der Waals surface area contributed by atoms with Gasteiger partial charge < -0.3 is 5.32 Å². The summed E-state index contributed by atoms with van der Waals surface area (Å²) in [6.07, 6.45) is 1.79. The van der Waals surface area contributed by atoms with Crippen LogP contribution in [0.5, 0.6) is 0 Å². The number of amides is 1. The van der Waals surface area contributed by atoms with Crippen LogP contribution in [0.3, 0.4) is 0 Å². The SMILES string of the molecule is CCC(NC(=O)c1ccc(Cl)c(NS(C)(=O)=O)c1)c1cccs1. The van der Waals surface area contributed by atoms with E-state index >= 15 is 0 Å². The van der Waals surface area contributed by atoms with Gasteiger partial charge in [0.2, 0.25) is 10.0 Å². The van der Waals surface area contributed by atoms with Crippen LogP contribution in [0.2, 0.25) is 5.02 Å². The molecule has 2 aromatic rings. The zero-order valence-electron chi connectivity index (χ0n) is 12.7. The Labute approximate surface area is 144 Å². The number of halogens is 1. The molecule has 0 saturated heterocycles. The molecule has 0 aliphatic rings. The van der Waals surface area contributed by atoms with Gasteiger partial charge in [-0.05, 0) is 36.1 Å². The molecule has 2 N–H and O–H groups in total. The van der Waals surface area contributed by atoms with E-state index in [1.165, 1.54) is 12.1 Å². The van der Waals surface area contributed by atoms with Crippen LogP contribution in [-0.4, -0.2) is 20.6 Å². The van der Waals surface area contributed by atoms with Crippen molar-refractivity contribution in [2.75, 3.05) is 11.0 Å². The predicted molar refractivity (Wildman–Crippen MR) is 94.7 cm³/mol. The van der Waals surface area contributed by atoms with Crippen LogP contribution in [0.15, 0.2) is 35.7 Å². The lowest BCUT2D eigenvalue weighted by molar-refractivity contribution is 0.0936. The van der Waals surface area contributed by atoms with Gasteiger partial charge in [-0.1, -0.05) is 24.6 Å². The number of benzene rings is 1. The molecule has 0 radical (unpaired) electrons. The minimum Gasteiger partial charge on any atom is -0.344 e. The van der Waals surface area contributed by atoms with Crippen molar-refractivity contribution in [3.63, 3.8) is 0 Å². The maximum Gasteiger partial charge on any atom is 0.251 e. The Bertz CT molecular complexity index is 789. The third-order valence-corrected chi connectivity index (χ3v) is 5.03. The van der Waals surface area contributed by atoms with E-state index in [2.05, 4.69) is 10.0 Å². The predicted octanol–water partition coefficient (Wildman–Crippen LogP) is 3.65. The molecule has 0 aliphatic heterocycles. The zero-order chi connectivity index (χ0) is 17.0. The number of thiophene rings is 1. The Morgan fingerprint density at radius 3 is 2.65 bits per heavy atom. The lowest BCUT2D eigenvalue weighted by atomic mass is 10.1. The van der Waals surface area contributed by atoms with Crippen LogP contribution in [0, 0.1) is 0 Å². The topological polar surface area (TPSA) is 75.3 Å². The first-order valence-corrected chi connectivity index (χ1v) is 10.1. The van der Waals surface area contributed by atoms with Crippen LogP contribution in [0.25, 0.3) is 0 Å². The average Bonchev–Trinajstić information content (AvgIpc) is 2.99. The van der Waals surface area contributed by atoms with Crippen LogP contribution in [-0.2, 0) is 10.0 Å². The quantitative estimate of drug-likeness (QED) is 0.812. The molecule has 1 aromatic carbocycles. The smallest absolute Gasteiger partial charge is 0.251 e. The summed E-state index contributed by atoms with van der Waals surface area (Å²) in [5, 5.41) is 5.14. The Balaban J connectivity index is 2.21. The van der Waals surface area contributed by atoms with Gasteiger partial charge in [0.25, 0.3) is 5.91 Å². The summed E-state index contributed by atoms with van der Waals surface area (Å²) < 4.78 is 25.0. The van der Waals surface area contributed by atoms with Crippen molar-refractivity contribution in [2.24, 2.45) is 0 Å². The molecular weight excluding hydrogens is 356 g/mol. The molecule has 1 atom stereocenters. The molecular formula is C15H17ClN2O3S2. The fraction of sp³-hybridized carbons (Fsp3) is 0.267. The van der Waals surface area contributed by atoms with Gasteiger partial charge in [-0.3, -0.25) is 9.52 Å². The van der Waals surface area contributed by atoms with Gasteiger partial charge in [-0.15, -0.1) is 11.3 Å². The summed E-state index contributed by atoms with van der Waals surface area (Å²) in [7, 11) is -3.47. The molecule has 1 amide bonds. The first kappa shape index (κ1) is 17.8. The van der Waals surface area contributed by atoms with E-state index in [0.29, 0.717) is 5.56 Å². The van der Waals surface area contributed by atoms with E-state index in [1.807, 2.05) is 24.4 Å². The molecule has 1 heterocycles. The zero-order valence-corrected chi connectivity index (χ0v) is 15.1. The average molecular weight is 373 g/mol. The minimum absolute atomic E-state index is 0.0792. The van der Waals surface area contributed by atoms with Gasteiger partial charge in [0.1, 0.15) is 0 Å². The number of sulfonamides is 1. The third-order valence-electron chi connectivity index (χ3n) is 3.12. The van der Waals surface area contributed by atoms with E-state index in [4.69, 9.17) is 11.6 Å². The number of hydrogen-bond acceptors (Lipinski definition) is 4. The van der Waals surface area contributed by atoms with Gasteiger partial charge >= 0.3 is 0 Å². The Hall–Kier alpha value is -1.57. The van der Waals surface area contributed by atoms with Crippen molar-refractivity contribution in [1.29, 1.82) is 0 Å². The molecule has 5 nitrogen and oxygen atoms in total. The number of anilines is 1. The number of hydrogen-bond donors (Lipinski definition) is 2. The van der Waals surface area contributed by atoms with Crippen molar-refractivity contribution in [3.8, 4) is 0 Å². The van der Waals surface area contributed by atoms with Crippen LogP contribution in [0.1, 0.15) is 34.6 Å². The largest absolute Gasteiger partial charge is 0.344 e. The molecule has 1 aromatic heterocycles. The second-order valence-corrected chi connectivity index (χ2v) is 8.15. The normalized spacial score (nSPS) is 12.7. The highest BCUT2D eigenvalue weighted by Gasteiger charge is 2.16. The van der Waals surface area contributed by atoms with Gasteiger partial charge in [-0.2, -0.15) is 0 Å². The molecule has 2 rings (SSSR count). The Morgan fingerprint density at radius 2 is 2.09 bits per heavy atom. The molecule has 23 heavy (non-hydrogen) atoms. The Morgan fingerprint density at radius 1 is 1.35 bits per heavy atom. The van der Waals surface area contributed by atoms with E-state index in [-0.39, 0.29) is 22.7 Å². The van der Waals surface area contributed by atoms with Crippen LogP contribution >= 0.6 is 22.9 Å². The van der Waals surface area contributed by atoms with Crippen molar-refractivity contribution in [1.82, 2.24) is 5.32 Å². The van der Waals surface area contributed by atoms with Crippen molar-refractivity contribution in [3.05, 3.63) is 51.2 Å². The first-order chi connectivity index (χ1) is 10.8. The number of carbonyl (C=O) groups is 1. The van der Waals surface area contributed by atoms with Crippen LogP contribution < -0.4 is 10.0 Å². The van der Waals surface area contributed by atoms with Crippen molar-refractivity contribution in [2.45, 2.75) is 19.4 Å². The van der Waals surface area contributed by atoms with E-state index in [0.717, 1.165) is 17.6 Å². The van der Waals surface area contributed by atoms with E-state index < -0.39 is 10.0 Å². The number of rotatable bonds is 6. The van der Waals surface area contributed by atoms with E-state index in [9.17, 15) is 13.2 Å². The maximum atomic E-state index is 12.4. The number of carbonyl (C=O) groups excluding carboxylic acids is 1. The van der Waals surface area contributed by atoms with Crippen molar-refractivity contribution >= 4 is 44.6 Å². The second kappa shape index (κ2) is 7.33. The standard InChI is InChI=1S/C15H17ClN2O3S2/c1-3-12(14-5-4-8-22-14)17-15(19)10-6-7-11(16)13(9-10)18-23(2,20)21/h4-9,12,18H,3H2,1-2H3,(H,17,19). The highest BCUT2D eigenvalue weighted by molar-refractivity contribution is 7.92. The Kier molecular flexibility index (Phi) is 5.67. The molecule has 0 fully saturated rings. The fourth-order valence-corrected chi connectivity index (χ4v) is 3.70. The fourth-order valence-electron chi connectivity index (χ4n) is 2.05. The second-order valence-electron chi connectivity index (χ2n) is 5.02. The summed E-state index contributed by atoms with van der Waals surface area (Å²) in [5.41, 5.74) is 0.529. The molecule has 0 bridgehead atoms. The summed E-state index contributed by atoms with van der Waals surface area (Å²) in [6.45, 7) is 1.99. The van der Waals surface area contributed by atoms with Gasteiger partial charge in [0.15, 0.2) is 0 Å². The molecule has 124 valence electrons. The molecule has 0 aliphatic carbocycles. The molecule has 1 unspecified atom stereocenters. The number of nitrogens with one attached hydrogen (secondary N) is 2. The van der Waals surface area contributed by atoms with Gasteiger partial charge in [0, 0.05) is 10.4 Å². The van der Waals surface area contributed by atoms with Gasteiger partial charge in [-0.25, -0.2) is 8.42 Å². The first-order valence-electron chi connectivity index (χ1n) is 6.91. The summed E-state index contributed by atoms with van der Waals surface area (Å²) in [4.78, 5) is 13.5. The maximum absolute atomic E-state index is 12.4. The molecule has 8 heteroatoms. The van der Waals surface area contributed by atoms with Gasteiger partial charge in [0.05, 0.1) is 23.0 Å². The third kappa shape index (κ3) is 4.95.